The van der Waals surface area contributed by atoms with Crippen molar-refractivity contribution in [2.75, 3.05) is 4.90 Å². The lowest BCUT2D eigenvalue weighted by atomic mass is 9.91. The Balaban J connectivity index is 1.91. The van der Waals surface area contributed by atoms with E-state index in [1.807, 2.05) is 0 Å². The molecule has 0 radical (unpaired) electrons. The van der Waals surface area contributed by atoms with E-state index >= 15 is 0 Å². The topological polar surface area (TPSA) is 16.1 Å². The first-order valence-electron chi connectivity index (χ1n) is 7.42. The molecule has 0 amide bonds. The van der Waals surface area contributed by atoms with E-state index in [4.69, 9.17) is 4.98 Å². The van der Waals surface area contributed by atoms with Crippen molar-refractivity contribution in [2.45, 2.75) is 25.8 Å². The van der Waals surface area contributed by atoms with Gasteiger partial charge in [0.15, 0.2) is 0 Å². The van der Waals surface area contributed by atoms with Crippen molar-refractivity contribution >= 4 is 11.5 Å². The fourth-order valence-corrected chi connectivity index (χ4v) is 3.50. The number of pyridine rings is 1. The van der Waals surface area contributed by atoms with Crippen molar-refractivity contribution in [1.29, 1.82) is 0 Å². The second-order valence-corrected chi connectivity index (χ2v) is 5.86. The average molecular weight is 274 g/mol. The van der Waals surface area contributed by atoms with Gasteiger partial charge in [-0.05, 0) is 43.2 Å². The Bertz CT molecular complexity index is 738. The van der Waals surface area contributed by atoms with Crippen LogP contribution in [0.3, 0.4) is 0 Å². The van der Waals surface area contributed by atoms with Gasteiger partial charge >= 0.3 is 0 Å². The maximum absolute atomic E-state index is 4.77. The van der Waals surface area contributed by atoms with Crippen LogP contribution in [0.2, 0.25) is 0 Å². The molecule has 1 aromatic carbocycles. The van der Waals surface area contributed by atoms with Crippen LogP contribution in [0.1, 0.15) is 22.7 Å². The second kappa shape index (κ2) is 4.59. The van der Waals surface area contributed by atoms with Crippen LogP contribution in [0.4, 0.5) is 11.5 Å². The van der Waals surface area contributed by atoms with E-state index in [1.54, 1.807) is 0 Å². The summed E-state index contributed by atoms with van der Waals surface area (Å²) in [6, 6.07) is 13.3. The Kier molecular flexibility index (Phi) is 2.71. The largest absolute Gasteiger partial charge is 0.318 e. The summed E-state index contributed by atoms with van der Waals surface area (Å²) in [6.45, 7) is 4.20. The lowest BCUT2D eigenvalue weighted by Crippen LogP contribution is -2.29. The fourth-order valence-electron chi connectivity index (χ4n) is 3.50. The van der Waals surface area contributed by atoms with E-state index in [1.165, 1.54) is 16.8 Å². The number of fused-ring (bicyclic) bond motifs is 3. The molecule has 1 aromatic heterocycles. The zero-order valence-electron chi connectivity index (χ0n) is 12.3. The van der Waals surface area contributed by atoms with Gasteiger partial charge in [-0.1, -0.05) is 42.5 Å². The zero-order valence-corrected chi connectivity index (χ0v) is 12.3. The number of nitrogens with zero attached hydrogens (tertiary/aromatic N) is 2. The molecule has 1 aliphatic heterocycles. The van der Waals surface area contributed by atoms with Crippen LogP contribution in [0.5, 0.6) is 0 Å². The molecule has 2 nitrogen and oxygen atoms in total. The molecule has 2 aromatic rings. The Hall–Kier alpha value is -2.35. The number of aryl methyl sites for hydroxylation is 2. The SMILES string of the molecule is Cc1cc(C)nc(N2c3ccccc3[C@H]3C=CC=CC32)c1. The standard InChI is InChI=1S/C19H18N2/c1-13-11-14(2)20-19(12-13)21-17-9-5-3-7-15(17)16-8-4-6-10-18(16)21/h3-12,15,17H,1-2H3/t15-,17?/m1/s1. The number of rotatable bonds is 1. The van der Waals surface area contributed by atoms with E-state index in [0.717, 1.165) is 11.5 Å². The van der Waals surface area contributed by atoms with Crippen LogP contribution in [0.25, 0.3) is 0 Å². The minimum Gasteiger partial charge on any atom is -0.318 e. The van der Waals surface area contributed by atoms with Gasteiger partial charge < -0.3 is 4.90 Å². The van der Waals surface area contributed by atoms with Crippen molar-refractivity contribution in [2.24, 2.45) is 0 Å². The molecule has 0 spiro atoms. The van der Waals surface area contributed by atoms with Crippen LogP contribution in [-0.2, 0) is 0 Å². The van der Waals surface area contributed by atoms with Crippen LogP contribution >= 0.6 is 0 Å². The average Bonchev–Trinajstić information content (AvgIpc) is 2.81. The molecular formula is C19H18N2. The number of hydrogen-bond donors (Lipinski definition) is 0. The van der Waals surface area contributed by atoms with Crippen LogP contribution in [0.15, 0.2) is 60.7 Å². The molecular weight excluding hydrogens is 256 g/mol. The number of hydrogen-bond acceptors (Lipinski definition) is 2. The van der Waals surface area contributed by atoms with Crippen LogP contribution in [-0.4, -0.2) is 11.0 Å². The minimum absolute atomic E-state index is 0.334. The summed E-state index contributed by atoms with van der Waals surface area (Å²) < 4.78 is 0. The molecule has 0 saturated carbocycles. The maximum Gasteiger partial charge on any atom is 0.134 e. The summed E-state index contributed by atoms with van der Waals surface area (Å²) in [7, 11) is 0. The van der Waals surface area contributed by atoms with Gasteiger partial charge in [-0.2, -0.15) is 0 Å². The lowest BCUT2D eigenvalue weighted by Gasteiger charge is -2.28. The fraction of sp³-hybridized carbons (Fsp3) is 0.211. The molecule has 0 fully saturated rings. The summed E-state index contributed by atoms with van der Waals surface area (Å²) >= 11 is 0. The highest BCUT2D eigenvalue weighted by atomic mass is 15.2. The highest BCUT2D eigenvalue weighted by Crippen LogP contribution is 2.46. The Labute approximate surface area is 125 Å². The predicted octanol–water partition coefficient (Wildman–Crippen LogP) is 4.43. The smallest absolute Gasteiger partial charge is 0.134 e. The van der Waals surface area contributed by atoms with Gasteiger partial charge in [0.25, 0.3) is 0 Å². The Morgan fingerprint density at radius 2 is 1.81 bits per heavy atom. The molecule has 2 heterocycles. The number of para-hydroxylation sites is 1. The zero-order chi connectivity index (χ0) is 14.4. The monoisotopic (exact) mass is 274 g/mol. The molecule has 2 atom stereocenters. The van der Waals surface area contributed by atoms with E-state index in [-0.39, 0.29) is 0 Å². The number of benzene rings is 1. The summed E-state index contributed by atoms with van der Waals surface area (Å²) in [5, 5.41) is 0. The van der Waals surface area contributed by atoms with Gasteiger partial charge in [0.1, 0.15) is 5.82 Å². The third-order valence-corrected chi connectivity index (χ3v) is 4.29. The third kappa shape index (κ3) is 1.90. The normalized spacial score (nSPS) is 22.3. The molecule has 1 unspecified atom stereocenters. The van der Waals surface area contributed by atoms with Gasteiger partial charge in [-0.25, -0.2) is 4.98 Å². The number of aromatic nitrogens is 1. The van der Waals surface area contributed by atoms with Gasteiger partial charge in [0.2, 0.25) is 0 Å². The highest BCUT2D eigenvalue weighted by Gasteiger charge is 2.37. The second-order valence-electron chi connectivity index (χ2n) is 5.86. The van der Waals surface area contributed by atoms with E-state index < -0.39 is 0 Å². The highest BCUT2D eigenvalue weighted by molar-refractivity contribution is 5.73. The van der Waals surface area contributed by atoms with Crippen molar-refractivity contribution in [3.05, 3.63) is 77.5 Å². The van der Waals surface area contributed by atoms with Crippen molar-refractivity contribution in [3.8, 4) is 0 Å². The molecule has 104 valence electrons. The number of allylic oxidation sites excluding steroid dienone is 2. The van der Waals surface area contributed by atoms with Crippen LogP contribution in [0, 0.1) is 13.8 Å². The van der Waals surface area contributed by atoms with E-state index in [2.05, 4.69) is 79.4 Å². The molecule has 1 aliphatic carbocycles. The quantitative estimate of drug-likeness (QED) is 0.765. The van der Waals surface area contributed by atoms with Crippen molar-refractivity contribution in [1.82, 2.24) is 4.98 Å². The molecule has 2 heteroatoms. The third-order valence-electron chi connectivity index (χ3n) is 4.29. The first-order valence-corrected chi connectivity index (χ1v) is 7.42. The Morgan fingerprint density at radius 1 is 1.00 bits per heavy atom. The van der Waals surface area contributed by atoms with Crippen LogP contribution < -0.4 is 4.90 Å². The van der Waals surface area contributed by atoms with Gasteiger partial charge in [0.05, 0.1) is 6.04 Å². The molecule has 4 rings (SSSR count). The van der Waals surface area contributed by atoms with E-state index in [0.29, 0.717) is 12.0 Å². The minimum atomic E-state index is 0.334. The first kappa shape index (κ1) is 12.4. The van der Waals surface area contributed by atoms with Gasteiger partial charge in [-0.3, -0.25) is 0 Å². The van der Waals surface area contributed by atoms with Crippen molar-refractivity contribution in [3.63, 3.8) is 0 Å². The Morgan fingerprint density at radius 3 is 2.67 bits per heavy atom. The molecule has 0 N–H and O–H groups in total. The molecule has 0 saturated heterocycles. The van der Waals surface area contributed by atoms with E-state index in [9.17, 15) is 0 Å². The molecule has 21 heavy (non-hydrogen) atoms. The lowest BCUT2D eigenvalue weighted by molar-refractivity contribution is 0.737. The summed E-state index contributed by atoms with van der Waals surface area (Å²) in [6.07, 6.45) is 8.87. The number of anilines is 2. The summed E-state index contributed by atoms with van der Waals surface area (Å²) in [5.41, 5.74) is 5.00. The predicted molar refractivity (Wildman–Crippen MR) is 87.1 cm³/mol. The molecule has 2 aliphatic rings. The molecule has 0 bridgehead atoms. The van der Waals surface area contributed by atoms with Gasteiger partial charge in [-0.15, -0.1) is 0 Å². The summed E-state index contributed by atoms with van der Waals surface area (Å²) in [5.74, 6) is 1.47. The maximum atomic E-state index is 4.77. The van der Waals surface area contributed by atoms with Gasteiger partial charge in [0, 0.05) is 17.3 Å². The summed E-state index contributed by atoms with van der Waals surface area (Å²) in [4.78, 5) is 7.15. The first-order chi connectivity index (χ1) is 10.2. The van der Waals surface area contributed by atoms with Crippen molar-refractivity contribution < 1.29 is 0 Å².